The predicted octanol–water partition coefficient (Wildman–Crippen LogP) is 5.51. The smallest absolute Gasteiger partial charge is 0.196 e. The Morgan fingerprint density at radius 2 is 1.52 bits per heavy atom. The summed E-state index contributed by atoms with van der Waals surface area (Å²) in [6.07, 6.45) is 5.85. The standard InChI is InChI=1S/C21H20O2/c22-20-17-13-7-8-14-18(17)23-21(16-11-5-2-6-12-16)19(20)15-9-3-1-4-10-15/h2,5-8,11-15H,1,3-4,9-10H2. The van der Waals surface area contributed by atoms with Gasteiger partial charge in [0, 0.05) is 11.1 Å². The third-order valence-electron chi connectivity index (χ3n) is 4.88. The minimum absolute atomic E-state index is 0.151. The maximum Gasteiger partial charge on any atom is 0.196 e. The third-order valence-corrected chi connectivity index (χ3v) is 4.88. The first kappa shape index (κ1) is 14.3. The highest BCUT2D eigenvalue weighted by Gasteiger charge is 2.25. The second-order valence-corrected chi connectivity index (χ2v) is 6.37. The summed E-state index contributed by atoms with van der Waals surface area (Å²) in [5.41, 5.74) is 2.71. The van der Waals surface area contributed by atoms with Gasteiger partial charge in [0.15, 0.2) is 5.43 Å². The van der Waals surface area contributed by atoms with Crippen molar-refractivity contribution >= 4 is 11.0 Å². The van der Waals surface area contributed by atoms with E-state index in [-0.39, 0.29) is 5.43 Å². The van der Waals surface area contributed by atoms with E-state index in [1.165, 1.54) is 19.3 Å². The van der Waals surface area contributed by atoms with Crippen molar-refractivity contribution in [2.45, 2.75) is 38.0 Å². The summed E-state index contributed by atoms with van der Waals surface area (Å²) < 4.78 is 6.21. The van der Waals surface area contributed by atoms with Gasteiger partial charge in [-0.05, 0) is 30.9 Å². The Hall–Kier alpha value is -2.35. The highest BCUT2D eigenvalue weighted by atomic mass is 16.3. The average Bonchev–Trinajstić information content (AvgIpc) is 2.63. The molecule has 1 heterocycles. The molecule has 0 atom stereocenters. The van der Waals surface area contributed by atoms with Crippen molar-refractivity contribution in [3.8, 4) is 11.3 Å². The Labute approximate surface area is 135 Å². The van der Waals surface area contributed by atoms with Gasteiger partial charge in [0.25, 0.3) is 0 Å². The predicted molar refractivity (Wildman–Crippen MR) is 93.7 cm³/mol. The molecule has 2 aromatic carbocycles. The number of fused-ring (bicyclic) bond motifs is 1. The second-order valence-electron chi connectivity index (χ2n) is 6.37. The molecule has 0 saturated heterocycles. The summed E-state index contributed by atoms with van der Waals surface area (Å²) in [5, 5.41) is 0.702. The van der Waals surface area contributed by atoms with Crippen molar-refractivity contribution in [2.75, 3.05) is 0 Å². The van der Waals surface area contributed by atoms with Gasteiger partial charge in [0.1, 0.15) is 11.3 Å². The highest BCUT2D eigenvalue weighted by Crippen LogP contribution is 2.37. The molecule has 3 aromatic rings. The van der Waals surface area contributed by atoms with Crippen LogP contribution in [-0.4, -0.2) is 0 Å². The molecule has 0 N–H and O–H groups in total. The van der Waals surface area contributed by atoms with Crippen LogP contribution < -0.4 is 5.43 Å². The van der Waals surface area contributed by atoms with Crippen molar-refractivity contribution in [1.29, 1.82) is 0 Å². The fraction of sp³-hybridized carbons (Fsp3) is 0.286. The van der Waals surface area contributed by atoms with Gasteiger partial charge in [-0.2, -0.15) is 0 Å². The van der Waals surface area contributed by atoms with Crippen LogP contribution >= 0.6 is 0 Å². The van der Waals surface area contributed by atoms with E-state index in [9.17, 15) is 4.79 Å². The summed E-state index contributed by atoms with van der Waals surface area (Å²) in [7, 11) is 0. The van der Waals surface area contributed by atoms with Crippen LogP contribution in [0.3, 0.4) is 0 Å². The SMILES string of the molecule is O=c1c(C2CCCCC2)c(-c2ccccc2)oc2ccccc12. The van der Waals surface area contributed by atoms with Gasteiger partial charge in [0.2, 0.25) is 0 Å². The number of benzene rings is 2. The second kappa shape index (κ2) is 6.04. The monoisotopic (exact) mass is 304 g/mol. The topological polar surface area (TPSA) is 30.2 Å². The number of para-hydroxylation sites is 1. The lowest BCUT2D eigenvalue weighted by Gasteiger charge is -2.23. The van der Waals surface area contributed by atoms with E-state index in [0.717, 1.165) is 29.7 Å². The Balaban J connectivity index is 2.00. The first-order valence-corrected chi connectivity index (χ1v) is 8.46. The summed E-state index contributed by atoms with van der Waals surface area (Å²) in [6, 6.07) is 17.6. The van der Waals surface area contributed by atoms with Crippen LogP contribution in [0.4, 0.5) is 0 Å². The Morgan fingerprint density at radius 1 is 0.826 bits per heavy atom. The number of hydrogen-bond donors (Lipinski definition) is 0. The molecule has 0 aliphatic heterocycles. The van der Waals surface area contributed by atoms with E-state index in [2.05, 4.69) is 0 Å². The van der Waals surface area contributed by atoms with Crippen molar-refractivity contribution in [2.24, 2.45) is 0 Å². The van der Waals surface area contributed by atoms with Crippen LogP contribution in [0.1, 0.15) is 43.6 Å². The molecule has 1 aliphatic rings. The highest BCUT2D eigenvalue weighted by molar-refractivity contribution is 5.80. The van der Waals surface area contributed by atoms with Gasteiger partial charge in [-0.15, -0.1) is 0 Å². The zero-order chi connectivity index (χ0) is 15.6. The first-order chi connectivity index (χ1) is 11.3. The van der Waals surface area contributed by atoms with Crippen LogP contribution in [0, 0.1) is 0 Å². The van der Waals surface area contributed by atoms with E-state index < -0.39 is 0 Å². The van der Waals surface area contributed by atoms with Crippen LogP contribution in [0.15, 0.2) is 63.8 Å². The largest absolute Gasteiger partial charge is 0.456 e. The van der Waals surface area contributed by atoms with Crippen molar-refractivity contribution in [1.82, 2.24) is 0 Å². The maximum atomic E-state index is 13.2. The maximum absolute atomic E-state index is 13.2. The summed E-state index contributed by atoms with van der Waals surface area (Å²) in [5.74, 6) is 1.08. The molecule has 0 radical (unpaired) electrons. The molecule has 0 spiro atoms. The molecule has 0 unspecified atom stereocenters. The molecule has 0 amide bonds. The van der Waals surface area contributed by atoms with Gasteiger partial charge < -0.3 is 4.42 Å². The zero-order valence-electron chi connectivity index (χ0n) is 13.1. The van der Waals surface area contributed by atoms with Crippen molar-refractivity contribution in [3.05, 3.63) is 70.4 Å². The number of hydrogen-bond acceptors (Lipinski definition) is 2. The van der Waals surface area contributed by atoms with E-state index in [0.29, 0.717) is 16.9 Å². The van der Waals surface area contributed by atoms with E-state index in [4.69, 9.17) is 4.42 Å². The molecular formula is C21H20O2. The van der Waals surface area contributed by atoms with Crippen LogP contribution in [0.2, 0.25) is 0 Å². The molecule has 116 valence electrons. The van der Waals surface area contributed by atoms with E-state index >= 15 is 0 Å². The minimum Gasteiger partial charge on any atom is -0.456 e. The fourth-order valence-corrected chi connectivity index (χ4v) is 3.72. The number of rotatable bonds is 2. The lowest BCUT2D eigenvalue weighted by molar-refractivity contribution is 0.436. The van der Waals surface area contributed by atoms with Crippen LogP contribution in [-0.2, 0) is 0 Å². The molecule has 23 heavy (non-hydrogen) atoms. The molecular weight excluding hydrogens is 284 g/mol. The van der Waals surface area contributed by atoms with E-state index in [1.54, 1.807) is 0 Å². The van der Waals surface area contributed by atoms with Crippen molar-refractivity contribution in [3.63, 3.8) is 0 Å². The van der Waals surface area contributed by atoms with Gasteiger partial charge in [-0.1, -0.05) is 61.7 Å². The molecule has 2 nitrogen and oxygen atoms in total. The third kappa shape index (κ3) is 2.59. The van der Waals surface area contributed by atoms with Gasteiger partial charge in [0.05, 0.1) is 5.39 Å². The first-order valence-electron chi connectivity index (χ1n) is 8.46. The summed E-state index contributed by atoms with van der Waals surface area (Å²) >= 11 is 0. The van der Waals surface area contributed by atoms with Gasteiger partial charge in [-0.3, -0.25) is 4.79 Å². The van der Waals surface area contributed by atoms with Gasteiger partial charge in [-0.25, -0.2) is 0 Å². The normalized spacial score (nSPS) is 15.8. The quantitative estimate of drug-likeness (QED) is 0.625. The lowest BCUT2D eigenvalue weighted by atomic mass is 9.82. The molecule has 2 heteroatoms. The molecule has 1 fully saturated rings. The van der Waals surface area contributed by atoms with Gasteiger partial charge >= 0.3 is 0 Å². The molecule has 1 aromatic heterocycles. The zero-order valence-corrected chi connectivity index (χ0v) is 13.1. The lowest BCUT2D eigenvalue weighted by Crippen LogP contribution is -2.17. The molecule has 0 bridgehead atoms. The molecule has 1 saturated carbocycles. The Kier molecular flexibility index (Phi) is 3.74. The minimum atomic E-state index is 0.151. The Morgan fingerprint density at radius 3 is 2.30 bits per heavy atom. The van der Waals surface area contributed by atoms with Crippen molar-refractivity contribution < 1.29 is 4.42 Å². The van der Waals surface area contributed by atoms with Crippen LogP contribution in [0.25, 0.3) is 22.3 Å². The summed E-state index contributed by atoms with van der Waals surface area (Å²) in [4.78, 5) is 13.2. The fourth-order valence-electron chi connectivity index (χ4n) is 3.72. The average molecular weight is 304 g/mol. The summed E-state index contributed by atoms with van der Waals surface area (Å²) in [6.45, 7) is 0. The van der Waals surface area contributed by atoms with Crippen LogP contribution in [0.5, 0.6) is 0 Å². The molecule has 1 aliphatic carbocycles. The molecule has 4 rings (SSSR count). The Bertz CT molecular complexity index is 871. The van der Waals surface area contributed by atoms with E-state index in [1.807, 2.05) is 54.6 Å².